The molecule has 0 unspecified atom stereocenters. The summed E-state index contributed by atoms with van der Waals surface area (Å²) in [4.78, 5) is 10.1. The monoisotopic (exact) mass is 269 g/mol. The van der Waals surface area contributed by atoms with Gasteiger partial charge in [0, 0.05) is 6.07 Å². The largest absolute Gasteiger partial charge is 0.381 e. The number of nitrogen functional groups attached to an aromatic ring is 1. The number of hydrogen-bond donors (Lipinski definition) is 1. The van der Waals surface area contributed by atoms with Gasteiger partial charge in [-0.25, -0.2) is 13.5 Å². The molecule has 0 atom stereocenters. The van der Waals surface area contributed by atoms with Crippen molar-refractivity contribution in [2.24, 2.45) is 0 Å². The third-order valence-corrected chi connectivity index (χ3v) is 2.58. The van der Waals surface area contributed by atoms with Gasteiger partial charge in [0.25, 0.3) is 5.69 Å². The van der Waals surface area contributed by atoms with E-state index in [2.05, 4.69) is 10.3 Å². The van der Waals surface area contributed by atoms with Crippen molar-refractivity contribution in [2.75, 3.05) is 5.73 Å². The molecule has 2 N–H and O–H groups in total. The van der Waals surface area contributed by atoms with Gasteiger partial charge in [0.2, 0.25) is 0 Å². The topological polar surface area (TPSA) is 99.9 Å². The van der Waals surface area contributed by atoms with Crippen LogP contribution < -0.4 is 5.73 Å². The Morgan fingerprint density at radius 3 is 2.74 bits per heavy atom. The number of anilines is 1. The van der Waals surface area contributed by atoms with Crippen molar-refractivity contribution in [3.63, 3.8) is 0 Å². The molecule has 0 saturated carbocycles. The van der Waals surface area contributed by atoms with E-state index < -0.39 is 27.9 Å². The van der Waals surface area contributed by atoms with E-state index in [4.69, 9.17) is 5.73 Å². The van der Waals surface area contributed by atoms with Crippen LogP contribution in [0.4, 0.5) is 20.3 Å². The van der Waals surface area contributed by atoms with Crippen LogP contribution in [-0.4, -0.2) is 19.9 Å². The van der Waals surface area contributed by atoms with Crippen molar-refractivity contribution < 1.29 is 13.7 Å². The summed E-state index contributed by atoms with van der Waals surface area (Å²) >= 11 is 0. The number of nitrogens with two attached hydrogens (primary N) is 1. The van der Waals surface area contributed by atoms with Crippen LogP contribution in [0.25, 0.3) is 5.69 Å². The zero-order valence-corrected chi connectivity index (χ0v) is 9.80. The van der Waals surface area contributed by atoms with Crippen LogP contribution in [0, 0.1) is 21.7 Å². The molecule has 19 heavy (non-hydrogen) atoms. The Bertz CT molecular complexity index is 656. The van der Waals surface area contributed by atoms with Crippen LogP contribution in [-0.2, 0) is 6.42 Å². The lowest BCUT2D eigenvalue weighted by Gasteiger charge is -2.07. The van der Waals surface area contributed by atoms with E-state index >= 15 is 0 Å². The summed E-state index contributed by atoms with van der Waals surface area (Å²) in [6.45, 7) is 1.69. The van der Waals surface area contributed by atoms with E-state index in [0.717, 1.165) is 10.7 Å². The van der Waals surface area contributed by atoms with Crippen LogP contribution in [0.5, 0.6) is 0 Å². The van der Waals surface area contributed by atoms with E-state index in [9.17, 15) is 18.9 Å². The first-order valence-corrected chi connectivity index (χ1v) is 5.30. The van der Waals surface area contributed by atoms with Gasteiger partial charge in [0.05, 0.1) is 10.6 Å². The summed E-state index contributed by atoms with van der Waals surface area (Å²) in [5.74, 6) is -2.56. The maximum absolute atomic E-state index is 13.8. The van der Waals surface area contributed by atoms with Gasteiger partial charge in [0.15, 0.2) is 23.1 Å². The molecular formula is C10H9F2N5O2. The van der Waals surface area contributed by atoms with E-state index in [1.54, 1.807) is 6.92 Å². The van der Waals surface area contributed by atoms with Crippen LogP contribution >= 0.6 is 0 Å². The molecule has 9 heteroatoms. The lowest BCUT2D eigenvalue weighted by molar-refractivity contribution is -0.384. The summed E-state index contributed by atoms with van der Waals surface area (Å²) in [7, 11) is 0. The number of benzene rings is 1. The molecule has 0 aliphatic rings. The third kappa shape index (κ3) is 1.98. The average molecular weight is 269 g/mol. The number of hydrogen-bond acceptors (Lipinski definition) is 5. The standard InChI is InChI=1S/C10H9F2N5O2/c1-2-6-10(13)14-15-16(6)9-7(17(18)19)4-3-5(11)8(9)12/h3-4H,2,13H2,1H3. The van der Waals surface area contributed by atoms with Crippen LogP contribution in [0.3, 0.4) is 0 Å². The normalized spacial score (nSPS) is 10.7. The fourth-order valence-electron chi connectivity index (χ4n) is 1.70. The molecule has 1 heterocycles. The molecule has 1 aromatic carbocycles. The van der Waals surface area contributed by atoms with Crippen molar-refractivity contribution >= 4 is 11.5 Å². The van der Waals surface area contributed by atoms with E-state index in [0.29, 0.717) is 12.5 Å². The Kier molecular flexibility index (Phi) is 3.11. The van der Waals surface area contributed by atoms with Crippen LogP contribution in [0.2, 0.25) is 0 Å². The van der Waals surface area contributed by atoms with Gasteiger partial charge in [-0.2, -0.15) is 0 Å². The van der Waals surface area contributed by atoms with Gasteiger partial charge in [-0.3, -0.25) is 10.1 Å². The Morgan fingerprint density at radius 1 is 1.47 bits per heavy atom. The van der Waals surface area contributed by atoms with Crippen LogP contribution in [0.1, 0.15) is 12.6 Å². The zero-order chi connectivity index (χ0) is 14.2. The molecule has 0 amide bonds. The predicted octanol–water partition coefficient (Wildman–Crippen LogP) is 1.60. The third-order valence-electron chi connectivity index (χ3n) is 2.58. The van der Waals surface area contributed by atoms with Crippen molar-refractivity contribution in [2.45, 2.75) is 13.3 Å². The van der Waals surface area contributed by atoms with Crippen molar-refractivity contribution in [3.8, 4) is 5.69 Å². The van der Waals surface area contributed by atoms with Gasteiger partial charge in [-0.05, 0) is 12.5 Å². The predicted molar refractivity (Wildman–Crippen MR) is 61.7 cm³/mol. The quantitative estimate of drug-likeness (QED) is 0.673. The van der Waals surface area contributed by atoms with Gasteiger partial charge in [0.1, 0.15) is 0 Å². The first-order valence-electron chi connectivity index (χ1n) is 5.30. The second-order valence-electron chi connectivity index (χ2n) is 3.67. The highest BCUT2D eigenvalue weighted by Crippen LogP contribution is 2.29. The SMILES string of the molecule is CCc1c(N)nnn1-c1c([N+](=O)[O-])ccc(F)c1F. The minimum Gasteiger partial charge on any atom is -0.381 e. The van der Waals surface area contributed by atoms with E-state index in [-0.39, 0.29) is 11.5 Å². The zero-order valence-electron chi connectivity index (χ0n) is 9.80. The lowest BCUT2D eigenvalue weighted by atomic mass is 10.2. The fourth-order valence-corrected chi connectivity index (χ4v) is 1.70. The molecule has 7 nitrogen and oxygen atoms in total. The minimum absolute atomic E-state index is 0.0143. The van der Waals surface area contributed by atoms with Crippen molar-refractivity contribution in [1.29, 1.82) is 0 Å². The maximum Gasteiger partial charge on any atom is 0.298 e. The molecule has 1 aromatic heterocycles. The Hall–Kier alpha value is -2.58. The molecule has 2 aromatic rings. The summed E-state index contributed by atoms with van der Waals surface area (Å²) in [6, 6.07) is 1.55. The van der Waals surface area contributed by atoms with Gasteiger partial charge >= 0.3 is 0 Å². The number of rotatable bonds is 3. The average Bonchev–Trinajstić information content (AvgIpc) is 2.73. The number of nitro benzene ring substituents is 1. The highest BCUT2D eigenvalue weighted by atomic mass is 19.2. The Balaban J connectivity index is 2.80. The highest BCUT2D eigenvalue weighted by Gasteiger charge is 2.26. The molecule has 0 spiro atoms. The first-order chi connectivity index (χ1) is 8.97. The van der Waals surface area contributed by atoms with E-state index in [1.807, 2.05) is 0 Å². The summed E-state index contributed by atoms with van der Waals surface area (Å²) in [6.07, 6.45) is 0.311. The molecule has 0 saturated heterocycles. The maximum atomic E-state index is 13.8. The molecule has 2 rings (SSSR count). The van der Waals surface area contributed by atoms with E-state index in [1.165, 1.54) is 0 Å². The molecule has 0 aliphatic carbocycles. The minimum atomic E-state index is -1.37. The smallest absolute Gasteiger partial charge is 0.298 e. The van der Waals surface area contributed by atoms with Gasteiger partial charge < -0.3 is 5.73 Å². The highest BCUT2D eigenvalue weighted by molar-refractivity contribution is 5.55. The van der Waals surface area contributed by atoms with Gasteiger partial charge in [-0.1, -0.05) is 12.1 Å². The molecule has 0 fully saturated rings. The fraction of sp³-hybridized carbons (Fsp3) is 0.200. The van der Waals surface area contributed by atoms with Crippen LogP contribution in [0.15, 0.2) is 12.1 Å². The van der Waals surface area contributed by atoms with Crippen molar-refractivity contribution in [3.05, 3.63) is 39.6 Å². The molecule has 100 valence electrons. The summed E-state index contributed by atoms with van der Waals surface area (Å²) < 4.78 is 27.9. The molecule has 0 aliphatic heterocycles. The second-order valence-corrected chi connectivity index (χ2v) is 3.67. The summed E-state index contributed by atoms with van der Waals surface area (Å²) in [5, 5.41) is 17.9. The molecule has 0 bridgehead atoms. The lowest BCUT2D eigenvalue weighted by Crippen LogP contribution is -2.09. The molecule has 0 radical (unpaired) electrons. The number of aromatic nitrogens is 3. The number of halogens is 2. The number of nitro groups is 1. The second kappa shape index (κ2) is 4.59. The number of nitrogens with zero attached hydrogens (tertiary/aromatic N) is 4. The Morgan fingerprint density at radius 2 is 2.16 bits per heavy atom. The summed E-state index contributed by atoms with van der Waals surface area (Å²) in [5.41, 5.74) is 4.58. The first kappa shape index (κ1) is 12.9. The Labute approximate surface area is 105 Å². The van der Waals surface area contributed by atoms with Crippen molar-refractivity contribution in [1.82, 2.24) is 15.0 Å². The van der Waals surface area contributed by atoms with Gasteiger partial charge in [-0.15, -0.1) is 5.10 Å². The molecular weight excluding hydrogens is 260 g/mol.